The highest BCUT2D eigenvalue weighted by atomic mass is 32.1. The SMILES string of the molecule is c1cncc(-c2cc(-c3ccco3)c3sc4c5c6c(sc7c-5c3c2c2ccccc72)c(-c2ccco2)cc(-c2cccnc2)c6c2ccccc42)c1. The van der Waals surface area contributed by atoms with Crippen molar-refractivity contribution in [1.82, 2.24) is 9.97 Å². The number of pyridine rings is 2. The molecule has 2 aliphatic rings. The van der Waals surface area contributed by atoms with Gasteiger partial charge in [-0.1, -0.05) is 60.7 Å². The van der Waals surface area contributed by atoms with Crippen LogP contribution in [0.25, 0.3) is 118 Å². The van der Waals surface area contributed by atoms with Crippen molar-refractivity contribution in [3.8, 4) is 56.0 Å². The number of furan rings is 2. The summed E-state index contributed by atoms with van der Waals surface area (Å²) in [6, 6.07) is 39.0. The van der Waals surface area contributed by atoms with E-state index < -0.39 is 0 Å². The van der Waals surface area contributed by atoms with Crippen LogP contribution >= 0.6 is 22.7 Å². The zero-order valence-electron chi connectivity index (χ0n) is 27.4. The van der Waals surface area contributed by atoms with E-state index in [-0.39, 0.29) is 0 Å². The molecule has 4 aromatic heterocycles. The average Bonchev–Trinajstić information content (AvgIpc) is 3.96. The van der Waals surface area contributed by atoms with Crippen LogP contribution < -0.4 is 0 Å². The summed E-state index contributed by atoms with van der Waals surface area (Å²) in [7, 11) is 0. The lowest BCUT2D eigenvalue weighted by Gasteiger charge is -2.27. The standard InChI is InChI=1S/C46H24N2O2S2/c1-3-13-29-27(11-1)37-31(25-9-5-17-47-23-25)21-33(35-15-7-19-49-35)45-39(37)41-42-40-38(28-12-2-4-14-30(28)44(42)52-45)32(26-10-6-18-48-24-26)22-34(36-16-8-20-50-36)46(40)51-43(29)41/h1-24H. The zero-order valence-corrected chi connectivity index (χ0v) is 29.0. The van der Waals surface area contributed by atoms with E-state index >= 15 is 0 Å². The maximum absolute atomic E-state index is 6.21. The van der Waals surface area contributed by atoms with Gasteiger partial charge in [0.15, 0.2) is 0 Å². The van der Waals surface area contributed by atoms with Crippen molar-refractivity contribution in [2.24, 2.45) is 0 Å². The van der Waals surface area contributed by atoms with E-state index in [0.29, 0.717) is 0 Å². The molecule has 0 saturated carbocycles. The number of nitrogens with zero attached hydrogens (tertiary/aromatic N) is 2. The van der Waals surface area contributed by atoms with Crippen molar-refractivity contribution < 1.29 is 8.83 Å². The minimum atomic E-state index is 0.855. The van der Waals surface area contributed by atoms with Crippen LogP contribution in [-0.4, -0.2) is 9.97 Å². The predicted octanol–water partition coefficient (Wildman–Crippen LogP) is 13.9. The van der Waals surface area contributed by atoms with E-state index in [4.69, 9.17) is 8.83 Å². The molecule has 0 amide bonds. The molecule has 10 aromatic rings. The summed E-state index contributed by atoms with van der Waals surface area (Å²) in [6.45, 7) is 0. The molecule has 6 aromatic carbocycles. The number of aromatic nitrogens is 2. The molecular weight excluding hydrogens is 677 g/mol. The molecule has 0 unspecified atom stereocenters. The summed E-state index contributed by atoms with van der Waals surface area (Å²) in [4.78, 5) is 9.17. The van der Waals surface area contributed by atoms with Crippen LogP contribution in [0.2, 0.25) is 0 Å². The molecule has 0 N–H and O–H groups in total. The lowest BCUT2D eigenvalue weighted by atomic mass is 9.83. The molecule has 0 saturated heterocycles. The summed E-state index contributed by atoms with van der Waals surface area (Å²) in [5.41, 5.74) is 9.21. The van der Waals surface area contributed by atoms with Gasteiger partial charge in [-0.2, -0.15) is 0 Å². The first-order valence-electron chi connectivity index (χ1n) is 17.2. The van der Waals surface area contributed by atoms with E-state index in [2.05, 4.69) is 94.9 Å². The second-order valence-corrected chi connectivity index (χ2v) is 15.3. The highest BCUT2D eigenvalue weighted by Crippen LogP contribution is 2.60. The summed E-state index contributed by atoms with van der Waals surface area (Å²) >= 11 is 3.75. The van der Waals surface area contributed by atoms with Gasteiger partial charge in [0.05, 0.1) is 12.5 Å². The Morgan fingerprint density at radius 3 is 1.27 bits per heavy atom. The molecule has 0 fully saturated rings. The molecule has 6 heteroatoms. The maximum atomic E-state index is 6.21. The quantitative estimate of drug-likeness (QED) is 0.135. The van der Waals surface area contributed by atoms with Gasteiger partial charge in [0.2, 0.25) is 0 Å². The van der Waals surface area contributed by atoms with Crippen LogP contribution in [-0.2, 0) is 0 Å². The van der Waals surface area contributed by atoms with Crippen molar-refractivity contribution >= 4 is 84.6 Å². The Morgan fingerprint density at radius 1 is 0.404 bits per heavy atom. The third-order valence-electron chi connectivity index (χ3n) is 10.6. The van der Waals surface area contributed by atoms with Crippen LogP contribution in [0, 0.1) is 0 Å². The topological polar surface area (TPSA) is 52.1 Å². The Bertz CT molecular complexity index is 3050. The van der Waals surface area contributed by atoms with Gasteiger partial charge in [-0.05, 0) is 81.2 Å². The fourth-order valence-corrected chi connectivity index (χ4v) is 11.2. The fraction of sp³-hybridized carbons (Fsp3) is 0. The van der Waals surface area contributed by atoms with Gasteiger partial charge in [-0.25, -0.2) is 0 Å². The molecular formula is C46H24N2O2S2. The first-order valence-corrected chi connectivity index (χ1v) is 18.8. The van der Waals surface area contributed by atoms with Crippen LogP contribution in [0.15, 0.2) is 155 Å². The molecule has 242 valence electrons. The van der Waals surface area contributed by atoms with Crippen LogP contribution in [0.5, 0.6) is 0 Å². The van der Waals surface area contributed by atoms with E-state index in [1.807, 2.05) is 71.7 Å². The molecule has 0 radical (unpaired) electrons. The van der Waals surface area contributed by atoms with E-state index in [0.717, 1.165) is 44.9 Å². The molecule has 52 heavy (non-hydrogen) atoms. The highest BCUT2D eigenvalue weighted by Gasteiger charge is 2.31. The first-order chi connectivity index (χ1) is 25.8. The molecule has 0 bridgehead atoms. The van der Waals surface area contributed by atoms with Crippen molar-refractivity contribution in [2.45, 2.75) is 0 Å². The molecule has 6 heterocycles. The lowest BCUT2D eigenvalue weighted by Crippen LogP contribution is -1.99. The van der Waals surface area contributed by atoms with Crippen molar-refractivity contribution in [3.63, 3.8) is 0 Å². The van der Waals surface area contributed by atoms with Crippen LogP contribution in [0.1, 0.15) is 0 Å². The van der Waals surface area contributed by atoms with Gasteiger partial charge in [-0.15, -0.1) is 22.7 Å². The minimum Gasteiger partial charge on any atom is -0.464 e. The third kappa shape index (κ3) is 3.74. The average molecular weight is 701 g/mol. The second-order valence-electron chi connectivity index (χ2n) is 13.2. The predicted molar refractivity (Wildman–Crippen MR) is 217 cm³/mol. The minimum absolute atomic E-state index is 0.855. The molecule has 4 nitrogen and oxygen atoms in total. The van der Waals surface area contributed by atoms with Crippen LogP contribution in [0.4, 0.5) is 0 Å². The number of fused-ring (bicyclic) bond motifs is 6. The molecule has 0 atom stereocenters. The molecule has 12 rings (SSSR count). The summed E-state index contributed by atoms with van der Waals surface area (Å²) in [5.74, 6) is 1.71. The maximum Gasteiger partial charge on any atom is 0.135 e. The summed E-state index contributed by atoms with van der Waals surface area (Å²) in [6.07, 6.45) is 11.2. The van der Waals surface area contributed by atoms with Crippen LogP contribution in [0.3, 0.4) is 0 Å². The smallest absolute Gasteiger partial charge is 0.135 e. The molecule has 0 aliphatic carbocycles. The Labute approximate surface area is 304 Å². The van der Waals surface area contributed by atoms with E-state index in [9.17, 15) is 0 Å². The van der Waals surface area contributed by atoms with Crippen molar-refractivity contribution in [3.05, 3.63) is 147 Å². The largest absolute Gasteiger partial charge is 0.464 e. The summed E-state index contributed by atoms with van der Waals surface area (Å²) in [5, 5.41) is 9.94. The van der Waals surface area contributed by atoms with Gasteiger partial charge < -0.3 is 8.83 Å². The van der Waals surface area contributed by atoms with Crippen molar-refractivity contribution in [2.75, 3.05) is 0 Å². The van der Waals surface area contributed by atoms with Gasteiger partial charge in [-0.3, -0.25) is 9.97 Å². The number of rotatable bonds is 4. The fourth-order valence-electron chi connectivity index (χ4n) is 8.50. The number of hydrogen-bond donors (Lipinski definition) is 0. The first kappa shape index (κ1) is 28.4. The van der Waals surface area contributed by atoms with Gasteiger partial charge in [0.1, 0.15) is 11.5 Å². The second kappa shape index (κ2) is 10.6. The number of hydrogen-bond acceptors (Lipinski definition) is 6. The van der Waals surface area contributed by atoms with E-state index in [1.54, 1.807) is 12.5 Å². The van der Waals surface area contributed by atoms with Crippen molar-refractivity contribution in [1.29, 1.82) is 0 Å². The Balaban J connectivity index is 1.43. The van der Waals surface area contributed by atoms with E-state index in [1.165, 1.54) is 73.0 Å². The Hall–Kier alpha value is -6.34. The Morgan fingerprint density at radius 2 is 0.865 bits per heavy atom. The lowest BCUT2D eigenvalue weighted by molar-refractivity contribution is 0.583. The van der Waals surface area contributed by atoms with Gasteiger partial charge in [0.25, 0.3) is 0 Å². The van der Waals surface area contributed by atoms with Gasteiger partial charge in [0, 0.05) is 98.5 Å². The number of benzene rings is 6. The Kier molecular flexibility index (Phi) is 5.78. The summed E-state index contributed by atoms with van der Waals surface area (Å²) < 4.78 is 17.4. The third-order valence-corrected chi connectivity index (χ3v) is 13.1. The molecule has 2 aliphatic heterocycles. The molecule has 0 spiro atoms. The normalized spacial score (nSPS) is 12.2. The van der Waals surface area contributed by atoms with Gasteiger partial charge >= 0.3 is 0 Å². The monoisotopic (exact) mass is 700 g/mol. The zero-order chi connectivity index (χ0) is 33.9. The highest BCUT2D eigenvalue weighted by molar-refractivity contribution is 7.29.